The Labute approximate surface area is 172 Å². The zero-order valence-electron chi connectivity index (χ0n) is 16.7. The number of alkyl halides is 3. The summed E-state index contributed by atoms with van der Waals surface area (Å²) in [5.74, 6) is -1.27. The van der Waals surface area contributed by atoms with Crippen LogP contribution in [-0.4, -0.2) is 35.3 Å². The Morgan fingerprint density at radius 1 is 1.17 bits per heavy atom. The summed E-state index contributed by atoms with van der Waals surface area (Å²) in [5, 5.41) is 3.89. The Morgan fingerprint density at radius 3 is 2.50 bits per heavy atom. The zero-order chi connectivity index (χ0) is 21.6. The largest absolute Gasteiger partial charge is 0.574 e. The number of carbonyl (C=O) groups excluding carboxylic acids is 1. The molecule has 0 aliphatic heterocycles. The molecule has 0 atom stereocenters. The number of halogens is 3. The maximum absolute atomic E-state index is 12.7. The van der Waals surface area contributed by atoms with Crippen molar-refractivity contribution < 1.29 is 32.2 Å². The van der Waals surface area contributed by atoms with Crippen LogP contribution in [0, 0.1) is 5.92 Å². The summed E-state index contributed by atoms with van der Waals surface area (Å²) in [6.07, 6.45) is -0.458. The third-order valence-electron chi connectivity index (χ3n) is 5.06. The van der Waals surface area contributed by atoms with Gasteiger partial charge < -0.3 is 14.2 Å². The van der Waals surface area contributed by atoms with E-state index in [4.69, 9.17) is 9.47 Å². The summed E-state index contributed by atoms with van der Waals surface area (Å²) in [4.78, 5) is 12.0. The van der Waals surface area contributed by atoms with Crippen molar-refractivity contribution in [3.05, 3.63) is 47.7 Å². The molecule has 1 saturated carbocycles. The highest BCUT2D eigenvalue weighted by atomic mass is 19.4. The number of esters is 1. The molecule has 0 bridgehead atoms. The van der Waals surface area contributed by atoms with Gasteiger partial charge in [0.25, 0.3) is 5.88 Å². The topological polar surface area (TPSA) is 62.6 Å². The van der Waals surface area contributed by atoms with Crippen molar-refractivity contribution in [2.75, 3.05) is 13.2 Å². The van der Waals surface area contributed by atoms with Gasteiger partial charge in [0.2, 0.25) is 0 Å². The lowest BCUT2D eigenvalue weighted by Crippen LogP contribution is -2.22. The lowest BCUT2D eigenvalue weighted by molar-refractivity contribution is -0.276. The molecule has 1 aliphatic carbocycles. The monoisotopic (exact) mass is 426 g/mol. The second-order valence-electron chi connectivity index (χ2n) is 7.27. The molecular weight excluding hydrogens is 401 g/mol. The Hall–Kier alpha value is -2.55. The molecule has 1 fully saturated rings. The van der Waals surface area contributed by atoms with Gasteiger partial charge in [-0.3, -0.25) is 4.68 Å². The van der Waals surface area contributed by atoms with Gasteiger partial charge in [0.15, 0.2) is 0 Å². The summed E-state index contributed by atoms with van der Waals surface area (Å²) < 4.78 is 54.0. The average Bonchev–Trinajstić information content (AvgIpc) is 3.11. The molecule has 1 aromatic heterocycles. The number of carbonyl (C=O) groups is 1. The standard InChI is InChI=1S/C21H25F3N2O4/c1-2-29-20(27)18-12-26(25-19(18)30-21(22,23)24)17-10-8-16(9-11-17)14-28-13-15-6-4-3-5-7-15/h3-7,12,16-17H,2,8-11,13-14H2,1H3/t16-,17-. The fourth-order valence-electron chi connectivity index (χ4n) is 3.59. The predicted molar refractivity (Wildman–Crippen MR) is 102 cm³/mol. The molecule has 30 heavy (non-hydrogen) atoms. The molecule has 1 aliphatic rings. The summed E-state index contributed by atoms with van der Waals surface area (Å²) in [6.45, 7) is 2.81. The molecule has 1 heterocycles. The van der Waals surface area contributed by atoms with Gasteiger partial charge in [-0.1, -0.05) is 30.3 Å². The van der Waals surface area contributed by atoms with Gasteiger partial charge in [-0.2, -0.15) is 0 Å². The average molecular weight is 426 g/mol. The van der Waals surface area contributed by atoms with E-state index in [1.807, 2.05) is 30.3 Å². The first kappa shape index (κ1) is 22.1. The fraction of sp³-hybridized carbons (Fsp3) is 0.524. The Morgan fingerprint density at radius 2 is 1.87 bits per heavy atom. The van der Waals surface area contributed by atoms with Crippen molar-refractivity contribution in [3.8, 4) is 5.88 Å². The van der Waals surface area contributed by atoms with Crippen LogP contribution in [0.4, 0.5) is 13.2 Å². The van der Waals surface area contributed by atoms with Gasteiger partial charge >= 0.3 is 12.3 Å². The molecule has 0 saturated heterocycles. The minimum atomic E-state index is -4.94. The van der Waals surface area contributed by atoms with Crippen molar-refractivity contribution in [1.82, 2.24) is 9.78 Å². The van der Waals surface area contributed by atoms with Gasteiger partial charge in [0, 0.05) is 12.8 Å². The van der Waals surface area contributed by atoms with Crippen LogP contribution in [0.3, 0.4) is 0 Å². The minimum absolute atomic E-state index is 0.0452. The fourth-order valence-corrected chi connectivity index (χ4v) is 3.59. The zero-order valence-corrected chi connectivity index (χ0v) is 16.7. The van der Waals surface area contributed by atoms with E-state index in [0.29, 0.717) is 19.1 Å². The van der Waals surface area contributed by atoms with Gasteiger partial charge in [0.1, 0.15) is 5.56 Å². The second kappa shape index (κ2) is 9.97. The van der Waals surface area contributed by atoms with E-state index in [2.05, 4.69) is 9.84 Å². The number of rotatable bonds is 8. The molecule has 0 N–H and O–H groups in total. The van der Waals surface area contributed by atoms with Crippen LogP contribution in [0.2, 0.25) is 0 Å². The third kappa shape index (κ3) is 6.22. The molecule has 9 heteroatoms. The molecule has 3 rings (SSSR count). The number of aromatic nitrogens is 2. The van der Waals surface area contributed by atoms with Crippen LogP contribution in [0.25, 0.3) is 0 Å². The molecule has 2 aromatic rings. The lowest BCUT2D eigenvalue weighted by Gasteiger charge is -2.28. The molecular formula is C21H25F3N2O4. The number of hydrogen-bond donors (Lipinski definition) is 0. The predicted octanol–water partition coefficient (Wildman–Crippen LogP) is 4.91. The minimum Gasteiger partial charge on any atom is -0.462 e. The Bertz CT molecular complexity index is 815. The van der Waals surface area contributed by atoms with E-state index in [0.717, 1.165) is 31.2 Å². The summed E-state index contributed by atoms with van der Waals surface area (Å²) in [6, 6.07) is 9.81. The second-order valence-corrected chi connectivity index (χ2v) is 7.27. The number of ether oxygens (including phenoxy) is 3. The molecule has 6 nitrogen and oxygen atoms in total. The van der Waals surface area contributed by atoms with E-state index in [1.165, 1.54) is 10.9 Å². The van der Waals surface area contributed by atoms with Crippen molar-refractivity contribution >= 4 is 5.97 Å². The van der Waals surface area contributed by atoms with Crippen molar-refractivity contribution in [3.63, 3.8) is 0 Å². The van der Waals surface area contributed by atoms with Gasteiger partial charge in [-0.05, 0) is 44.1 Å². The Kier molecular flexibility index (Phi) is 7.36. The highest BCUT2D eigenvalue weighted by molar-refractivity contribution is 5.91. The van der Waals surface area contributed by atoms with Crippen molar-refractivity contribution in [2.24, 2.45) is 5.92 Å². The normalized spacial score (nSPS) is 19.5. The quantitative estimate of drug-likeness (QED) is 0.562. The van der Waals surface area contributed by atoms with Crippen LogP contribution in [0.5, 0.6) is 5.88 Å². The summed E-state index contributed by atoms with van der Waals surface area (Å²) >= 11 is 0. The summed E-state index contributed by atoms with van der Waals surface area (Å²) in [5.41, 5.74) is 0.800. The highest BCUT2D eigenvalue weighted by Crippen LogP contribution is 2.34. The first-order chi connectivity index (χ1) is 14.4. The molecule has 164 valence electrons. The number of benzene rings is 1. The number of nitrogens with zero attached hydrogens (tertiary/aromatic N) is 2. The van der Waals surface area contributed by atoms with Crippen LogP contribution < -0.4 is 4.74 Å². The first-order valence-corrected chi connectivity index (χ1v) is 9.99. The first-order valence-electron chi connectivity index (χ1n) is 9.99. The van der Waals surface area contributed by atoms with E-state index >= 15 is 0 Å². The van der Waals surface area contributed by atoms with Gasteiger partial charge in [-0.15, -0.1) is 18.3 Å². The van der Waals surface area contributed by atoms with Gasteiger partial charge in [-0.25, -0.2) is 4.79 Å². The molecule has 0 amide bonds. The maximum Gasteiger partial charge on any atom is 0.574 e. The SMILES string of the molecule is CCOC(=O)c1cn([C@H]2CC[C@H](COCc3ccccc3)CC2)nc1OC(F)(F)F. The maximum atomic E-state index is 12.7. The van der Waals surface area contributed by atoms with Crippen LogP contribution in [0.15, 0.2) is 36.5 Å². The Balaban J connectivity index is 1.56. The van der Waals surface area contributed by atoms with Crippen LogP contribution >= 0.6 is 0 Å². The van der Waals surface area contributed by atoms with Crippen LogP contribution in [0.1, 0.15) is 54.6 Å². The smallest absolute Gasteiger partial charge is 0.462 e. The van der Waals surface area contributed by atoms with Crippen molar-refractivity contribution in [2.45, 2.75) is 51.6 Å². The van der Waals surface area contributed by atoms with E-state index in [1.54, 1.807) is 6.92 Å². The van der Waals surface area contributed by atoms with Crippen molar-refractivity contribution in [1.29, 1.82) is 0 Å². The van der Waals surface area contributed by atoms with Crippen LogP contribution in [-0.2, 0) is 16.1 Å². The summed E-state index contributed by atoms with van der Waals surface area (Å²) in [7, 11) is 0. The van der Waals surface area contributed by atoms with E-state index < -0.39 is 18.2 Å². The molecule has 1 aromatic carbocycles. The number of hydrogen-bond acceptors (Lipinski definition) is 5. The van der Waals surface area contributed by atoms with E-state index in [-0.39, 0.29) is 18.2 Å². The van der Waals surface area contributed by atoms with Gasteiger partial charge in [0.05, 0.1) is 19.3 Å². The highest BCUT2D eigenvalue weighted by Gasteiger charge is 2.36. The lowest BCUT2D eigenvalue weighted by atomic mass is 9.86. The molecule has 0 radical (unpaired) electrons. The molecule has 0 unspecified atom stereocenters. The third-order valence-corrected chi connectivity index (χ3v) is 5.06. The van der Waals surface area contributed by atoms with E-state index in [9.17, 15) is 18.0 Å². The molecule has 0 spiro atoms.